The molecule has 0 aromatic heterocycles. The Kier molecular flexibility index (Phi) is 4.58. The first-order valence-corrected chi connectivity index (χ1v) is 5.35. The van der Waals surface area contributed by atoms with Gasteiger partial charge in [-0.3, -0.25) is 10.2 Å². The second-order valence-corrected chi connectivity index (χ2v) is 3.92. The largest absolute Gasteiger partial charge is 0.489 e. The number of rotatable bonds is 4. The molecule has 0 bridgehead atoms. The van der Waals surface area contributed by atoms with Crippen LogP contribution in [0.15, 0.2) is 18.2 Å². The van der Waals surface area contributed by atoms with E-state index in [2.05, 4.69) is 10.9 Å². The number of halogens is 1. The van der Waals surface area contributed by atoms with Crippen molar-refractivity contribution in [3.63, 3.8) is 0 Å². The fourth-order valence-corrected chi connectivity index (χ4v) is 1.40. The Morgan fingerprint density at radius 3 is 2.62 bits per heavy atom. The van der Waals surface area contributed by atoms with Gasteiger partial charge in [-0.2, -0.15) is 0 Å². The highest BCUT2D eigenvalue weighted by atomic mass is 35.5. The highest BCUT2D eigenvalue weighted by Crippen LogP contribution is 2.26. The molecule has 1 rings (SSSR count). The van der Waals surface area contributed by atoms with Crippen LogP contribution in [0.1, 0.15) is 24.2 Å². The van der Waals surface area contributed by atoms with Gasteiger partial charge in [-0.15, -0.1) is 0 Å². The molecule has 16 heavy (non-hydrogen) atoms. The van der Waals surface area contributed by atoms with E-state index in [1.807, 2.05) is 13.8 Å². The van der Waals surface area contributed by atoms with E-state index in [9.17, 15) is 4.79 Å². The predicted octanol–water partition coefficient (Wildman–Crippen LogP) is 1.99. The molecule has 0 unspecified atom stereocenters. The lowest BCUT2D eigenvalue weighted by atomic mass is 10.2. The minimum atomic E-state index is -0.236. The van der Waals surface area contributed by atoms with Gasteiger partial charge in [0.25, 0.3) is 5.91 Å². The molecular weight excluding hydrogens is 228 g/mol. The van der Waals surface area contributed by atoms with Gasteiger partial charge in [-0.05, 0) is 32.0 Å². The van der Waals surface area contributed by atoms with Gasteiger partial charge in [0.15, 0.2) is 0 Å². The molecule has 0 fully saturated rings. The molecule has 0 saturated heterocycles. The van der Waals surface area contributed by atoms with Crippen LogP contribution < -0.4 is 15.6 Å². The van der Waals surface area contributed by atoms with Gasteiger partial charge in [-0.1, -0.05) is 11.6 Å². The maximum absolute atomic E-state index is 11.5. The van der Waals surface area contributed by atoms with Crippen LogP contribution in [-0.2, 0) is 0 Å². The van der Waals surface area contributed by atoms with Gasteiger partial charge in [0.2, 0.25) is 0 Å². The Morgan fingerprint density at radius 2 is 2.12 bits per heavy atom. The summed E-state index contributed by atoms with van der Waals surface area (Å²) in [5, 5.41) is 0.428. The van der Waals surface area contributed by atoms with Crippen molar-refractivity contribution in [2.24, 2.45) is 0 Å². The van der Waals surface area contributed by atoms with Crippen molar-refractivity contribution in [2.45, 2.75) is 20.0 Å². The van der Waals surface area contributed by atoms with Crippen LogP contribution >= 0.6 is 11.6 Å². The van der Waals surface area contributed by atoms with E-state index in [-0.39, 0.29) is 12.0 Å². The second kappa shape index (κ2) is 5.72. The summed E-state index contributed by atoms with van der Waals surface area (Å²) in [6.07, 6.45) is 0.0504. The number of nitrogens with one attached hydrogen (secondary N) is 2. The first kappa shape index (κ1) is 12.8. The second-order valence-electron chi connectivity index (χ2n) is 3.52. The summed E-state index contributed by atoms with van der Waals surface area (Å²) in [6.45, 7) is 3.83. The topological polar surface area (TPSA) is 50.4 Å². The molecule has 88 valence electrons. The summed E-state index contributed by atoms with van der Waals surface area (Å²) >= 11 is 5.99. The summed E-state index contributed by atoms with van der Waals surface area (Å²) in [5.41, 5.74) is 5.50. The van der Waals surface area contributed by atoms with Gasteiger partial charge < -0.3 is 4.74 Å². The summed E-state index contributed by atoms with van der Waals surface area (Å²) in [5.74, 6) is 0.346. The van der Waals surface area contributed by atoms with E-state index in [1.165, 1.54) is 0 Å². The highest BCUT2D eigenvalue weighted by Gasteiger charge is 2.09. The minimum absolute atomic E-state index is 0.0504. The SMILES string of the molecule is CNNC(=O)c1ccc(OC(C)C)c(Cl)c1. The van der Waals surface area contributed by atoms with Crippen molar-refractivity contribution >= 4 is 17.5 Å². The summed E-state index contributed by atoms with van der Waals surface area (Å²) in [6, 6.07) is 4.93. The zero-order valence-corrected chi connectivity index (χ0v) is 10.3. The lowest BCUT2D eigenvalue weighted by Gasteiger charge is -2.12. The fourth-order valence-electron chi connectivity index (χ4n) is 1.18. The van der Waals surface area contributed by atoms with Crippen molar-refractivity contribution < 1.29 is 9.53 Å². The van der Waals surface area contributed by atoms with Gasteiger partial charge in [0.1, 0.15) is 5.75 Å². The molecule has 5 heteroatoms. The fraction of sp³-hybridized carbons (Fsp3) is 0.364. The summed E-state index contributed by atoms with van der Waals surface area (Å²) in [4.78, 5) is 11.5. The molecular formula is C11H15ClN2O2. The standard InChI is InChI=1S/C11H15ClN2O2/c1-7(2)16-10-5-4-8(6-9(10)12)11(15)14-13-3/h4-7,13H,1-3H3,(H,14,15). The normalized spacial score (nSPS) is 10.3. The average molecular weight is 243 g/mol. The molecule has 0 aliphatic heterocycles. The number of hydrogen-bond acceptors (Lipinski definition) is 3. The van der Waals surface area contributed by atoms with E-state index >= 15 is 0 Å². The quantitative estimate of drug-likeness (QED) is 0.794. The maximum atomic E-state index is 11.5. The molecule has 1 aromatic carbocycles. The lowest BCUT2D eigenvalue weighted by molar-refractivity contribution is 0.0938. The Balaban J connectivity index is 2.86. The van der Waals surface area contributed by atoms with Crippen LogP contribution in [0.4, 0.5) is 0 Å². The lowest BCUT2D eigenvalue weighted by Crippen LogP contribution is -2.34. The molecule has 0 aliphatic rings. The Bertz CT molecular complexity index is 380. The molecule has 0 heterocycles. The maximum Gasteiger partial charge on any atom is 0.265 e. The number of benzene rings is 1. The zero-order chi connectivity index (χ0) is 12.1. The van der Waals surface area contributed by atoms with Crippen molar-refractivity contribution in [3.05, 3.63) is 28.8 Å². The number of ether oxygens (including phenoxy) is 1. The van der Waals surface area contributed by atoms with Crippen LogP contribution in [0, 0.1) is 0 Å². The van der Waals surface area contributed by atoms with Crippen molar-refractivity contribution in [2.75, 3.05) is 7.05 Å². The molecule has 0 saturated carbocycles. The van der Waals surface area contributed by atoms with E-state index in [0.717, 1.165) is 0 Å². The Hall–Kier alpha value is -1.26. The molecule has 2 N–H and O–H groups in total. The van der Waals surface area contributed by atoms with Crippen molar-refractivity contribution in [1.29, 1.82) is 0 Å². The smallest absolute Gasteiger partial charge is 0.265 e. The number of carbonyl (C=O) groups excluding carboxylic acids is 1. The number of amides is 1. The average Bonchev–Trinajstić information content (AvgIpc) is 2.20. The van der Waals surface area contributed by atoms with E-state index in [4.69, 9.17) is 16.3 Å². The van der Waals surface area contributed by atoms with Crippen molar-refractivity contribution in [3.8, 4) is 5.75 Å². The molecule has 0 aliphatic carbocycles. The zero-order valence-electron chi connectivity index (χ0n) is 9.50. The molecule has 1 amide bonds. The third-order valence-corrected chi connectivity index (χ3v) is 2.09. The first-order chi connectivity index (χ1) is 7.54. The van der Waals surface area contributed by atoms with Gasteiger partial charge >= 0.3 is 0 Å². The number of carbonyl (C=O) groups is 1. The van der Waals surface area contributed by atoms with Gasteiger partial charge in [0, 0.05) is 12.6 Å². The van der Waals surface area contributed by atoms with E-state index < -0.39 is 0 Å². The third-order valence-electron chi connectivity index (χ3n) is 1.80. The van der Waals surface area contributed by atoms with Crippen LogP contribution in [-0.4, -0.2) is 19.1 Å². The Morgan fingerprint density at radius 1 is 1.44 bits per heavy atom. The molecule has 4 nitrogen and oxygen atoms in total. The van der Waals surface area contributed by atoms with Gasteiger partial charge in [-0.25, -0.2) is 5.43 Å². The summed E-state index contributed by atoms with van der Waals surface area (Å²) < 4.78 is 5.46. The van der Waals surface area contributed by atoms with Gasteiger partial charge in [0.05, 0.1) is 11.1 Å². The third kappa shape index (κ3) is 3.40. The van der Waals surface area contributed by atoms with Crippen LogP contribution in [0.3, 0.4) is 0 Å². The monoisotopic (exact) mass is 242 g/mol. The van der Waals surface area contributed by atoms with Crippen LogP contribution in [0.2, 0.25) is 5.02 Å². The molecule has 1 aromatic rings. The molecule has 0 atom stereocenters. The number of hydrazine groups is 1. The summed E-state index contributed by atoms with van der Waals surface area (Å²) in [7, 11) is 1.62. The molecule has 0 radical (unpaired) electrons. The van der Waals surface area contributed by atoms with E-state index in [1.54, 1.807) is 25.2 Å². The molecule has 0 spiro atoms. The predicted molar refractivity (Wildman–Crippen MR) is 63.7 cm³/mol. The van der Waals surface area contributed by atoms with Crippen molar-refractivity contribution in [1.82, 2.24) is 10.9 Å². The number of hydrogen-bond donors (Lipinski definition) is 2. The minimum Gasteiger partial charge on any atom is -0.489 e. The van der Waals surface area contributed by atoms with E-state index in [0.29, 0.717) is 16.3 Å². The first-order valence-electron chi connectivity index (χ1n) is 4.98. The van der Waals surface area contributed by atoms with Crippen LogP contribution in [0.5, 0.6) is 5.75 Å². The van der Waals surface area contributed by atoms with Crippen LogP contribution in [0.25, 0.3) is 0 Å². The Labute approximate surface area is 99.9 Å². The highest BCUT2D eigenvalue weighted by molar-refractivity contribution is 6.32.